The van der Waals surface area contributed by atoms with Crippen molar-refractivity contribution in [3.05, 3.63) is 75.0 Å². The Morgan fingerprint density at radius 3 is 2.79 bits per heavy atom. The molecular formula is C19H19N3OS. The summed E-state index contributed by atoms with van der Waals surface area (Å²) in [6.45, 7) is 2.77. The Kier molecular flexibility index (Phi) is 3.94. The minimum absolute atomic E-state index is 0.0461. The quantitative estimate of drug-likeness (QED) is 0.711. The van der Waals surface area contributed by atoms with E-state index in [-0.39, 0.29) is 5.56 Å². The van der Waals surface area contributed by atoms with Crippen LogP contribution in [0, 0.1) is 6.92 Å². The van der Waals surface area contributed by atoms with Crippen molar-refractivity contribution in [1.82, 2.24) is 9.55 Å². The molecule has 4 rings (SSSR count). The minimum Gasteiger partial charge on any atom is -0.344 e. The van der Waals surface area contributed by atoms with Crippen LogP contribution >= 0.6 is 11.3 Å². The predicted molar refractivity (Wildman–Crippen MR) is 98.1 cm³/mol. The number of hydrogen-bond donors (Lipinski definition) is 0. The van der Waals surface area contributed by atoms with Crippen molar-refractivity contribution < 1.29 is 0 Å². The molecule has 24 heavy (non-hydrogen) atoms. The predicted octanol–water partition coefficient (Wildman–Crippen LogP) is 3.77. The number of benzene rings is 1. The minimum atomic E-state index is -0.0461. The van der Waals surface area contributed by atoms with Crippen LogP contribution in [0.2, 0.25) is 0 Å². The molecule has 0 amide bonds. The molecule has 2 heterocycles. The third-order valence-corrected chi connectivity index (χ3v) is 5.22. The maximum Gasteiger partial charge on any atom is 0.298 e. The van der Waals surface area contributed by atoms with Gasteiger partial charge in [-0.1, -0.05) is 24.3 Å². The van der Waals surface area contributed by atoms with Gasteiger partial charge in [0, 0.05) is 23.3 Å². The molecular weight excluding hydrogens is 318 g/mol. The first kappa shape index (κ1) is 15.1. The van der Waals surface area contributed by atoms with Crippen LogP contribution in [0.1, 0.15) is 23.3 Å². The zero-order valence-corrected chi connectivity index (χ0v) is 14.4. The average molecular weight is 337 g/mol. The zero-order chi connectivity index (χ0) is 16.5. The third-order valence-electron chi connectivity index (χ3n) is 4.36. The normalized spacial score (nSPS) is 13.9. The van der Waals surface area contributed by atoms with Crippen LogP contribution in [0.15, 0.2) is 59.0 Å². The maximum atomic E-state index is 13.1. The average Bonchev–Trinajstić information content (AvgIpc) is 3.30. The molecule has 0 unspecified atom stereocenters. The van der Waals surface area contributed by atoms with Crippen molar-refractivity contribution in [3.63, 3.8) is 0 Å². The molecule has 1 saturated carbocycles. The number of rotatable bonds is 5. The fourth-order valence-electron chi connectivity index (χ4n) is 2.96. The monoisotopic (exact) mass is 337 g/mol. The van der Waals surface area contributed by atoms with Gasteiger partial charge in [-0.15, -0.1) is 11.3 Å². The maximum absolute atomic E-state index is 13.1. The lowest BCUT2D eigenvalue weighted by atomic mass is 10.2. The first-order chi connectivity index (χ1) is 11.7. The van der Waals surface area contributed by atoms with E-state index in [4.69, 9.17) is 0 Å². The van der Waals surface area contributed by atoms with E-state index in [0.717, 1.165) is 30.6 Å². The van der Waals surface area contributed by atoms with Gasteiger partial charge in [-0.2, -0.15) is 0 Å². The van der Waals surface area contributed by atoms with Crippen LogP contribution < -0.4 is 10.5 Å². The first-order valence-electron chi connectivity index (χ1n) is 8.17. The highest BCUT2D eigenvalue weighted by molar-refractivity contribution is 7.09. The lowest BCUT2D eigenvalue weighted by molar-refractivity contribution is 0.765. The fourth-order valence-corrected chi connectivity index (χ4v) is 3.66. The van der Waals surface area contributed by atoms with Crippen LogP contribution in [0.5, 0.6) is 0 Å². The summed E-state index contributed by atoms with van der Waals surface area (Å²) in [6.07, 6.45) is 5.74. The van der Waals surface area contributed by atoms with Crippen LogP contribution in [0.4, 0.5) is 5.82 Å². The zero-order valence-electron chi connectivity index (χ0n) is 13.6. The summed E-state index contributed by atoms with van der Waals surface area (Å²) < 4.78 is 1.71. The molecule has 1 fully saturated rings. The molecule has 0 spiro atoms. The second-order valence-electron chi connectivity index (χ2n) is 6.15. The van der Waals surface area contributed by atoms with Crippen molar-refractivity contribution in [2.75, 3.05) is 4.90 Å². The second kappa shape index (κ2) is 6.24. The molecule has 0 bridgehead atoms. The third kappa shape index (κ3) is 2.87. The van der Waals surface area contributed by atoms with Crippen LogP contribution in [0.25, 0.3) is 5.69 Å². The number of aromatic nitrogens is 2. The summed E-state index contributed by atoms with van der Waals surface area (Å²) in [7, 11) is 0. The van der Waals surface area contributed by atoms with E-state index in [2.05, 4.69) is 27.4 Å². The molecule has 0 aliphatic heterocycles. The van der Waals surface area contributed by atoms with E-state index in [1.165, 1.54) is 4.88 Å². The number of para-hydroxylation sites is 1. The van der Waals surface area contributed by atoms with Crippen LogP contribution in [-0.4, -0.2) is 15.6 Å². The summed E-state index contributed by atoms with van der Waals surface area (Å²) in [5.41, 5.74) is 1.95. The van der Waals surface area contributed by atoms with Crippen LogP contribution in [-0.2, 0) is 6.54 Å². The van der Waals surface area contributed by atoms with Gasteiger partial charge in [-0.25, -0.2) is 4.98 Å². The SMILES string of the molecule is Cc1ccccc1-n1ccnc(N(Cc2cccs2)C2CC2)c1=O. The van der Waals surface area contributed by atoms with Gasteiger partial charge in [0.05, 0.1) is 12.2 Å². The van der Waals surface area contributed by atoms with Gasteiger partial charge < -0.3 is 4.90 Å². The van der Waals surface area contributed by atoms with Crippen molar-refractivity contribution in [2.24, 2.45) is 0 Å². The van der Waals surface area contributed by atoms with Gasteiger partial charge in [0.15, 0.2) is 5.82 Å². The van der Waals surface area contributed by atoms with Gasteiger partial charge in [0.1, 0.15) is 0 Å². The molecule has 2 aromatic heterocycles. The molecule has 0 saturated heterocycles. The summed E-state index contributed by atoms with van der Waals surface area (Å²) in [6, 6.07) is 12.5. The second-order valence-corrected chi connectivity index (χ2v) is 7.18. The van der Waals surface area contributed by atoms with Gasteiger partial charge in [0.25, 0.3) is 5.56 Å². The van der Waals surface area contributed by atoms with Crippen molar-refractivity contribution in [1.29, 1.82) is 0 Å². The Labute approximate surface area is 145 Å². The summed E-state index contributed by atoms with van der Waals surface area (Å²) in [5.74, 6) is 0.552. The number of nitrogens with zero attached hydrogens (tertiary/aromatic N) is 3. The van der Waals surface area contributed by atoms with Gasteiger partial charge in [-0.05, 0) is 42.8 Å². The molecule has 122 valence electrons. The van der Waals surface area contributed by atoms with E-state index in [1.807, 2.05) is 31.2 Å². The highest BCUT2D eigenvalue weighted by Gasteiger charge is 2.32. The number of thiophene rings is 1. The number of hydrogen-bond acceptors (Lipinski definition) is 4. The summed E-state index contributed by atoms with van der Waals surface area (Å²) >= 11 is 1.72. The lowest BCUT2D eigenvalue weighted by Gasteiger charge is -2.23. The summed E-state index contributed by atoms with van der Waals surface area (Å²) in [5, 5.41) is 2.07. The van der Waals surface area contributed by atoms with Gasteiger partial charge in [-0.3, -0.25) is 9.36 Å². The standard InChI is InChI=1S/C19H19N3OS/c1-14-5-2-3-7-17(14)21-11-10-20-18(19(21)23)22(15-8-9-15)13-16-6-4-12-24-16/h2-7,10-12,15H,8-9,13H2,1H3. The Hall–Kier alpha value is -2.40. The molecule has 0 radical (unpaired) electrons. The number of anilines is 1. The smallest absolute Gasteiger partial charge is 0.298 e. The van der Waals surface area contributed by atoms with Crippen LogP contribution in [0.3, 0.4) is 0 Å². The highest BCUT2D eigenvalue weighted by atomic mass is 32.1. The highest BCUT2D eigenvalue weighted by Crippen LogP contribution is 2.31. The number of aryl methyl sites for hydroxylation is 1. The van der Waals surface area contributed by atoms with E-state index in [9.17, 15) is 4.79 Å². The molecule has 0 atom stereocenters. The topological polar surface area (TPSA) is 38.1 Å². The van der Waals surface area contributed by atoms with Gasteiger partial charge in [0.2, 0.25) is 0 Å². The van der Waals surface area contributed by atoms with E-state index < -0.39 is 0 Å². The molecule has 4 nitrogen and oxygen atoms in total. The Morgan fingerprint density at radius 2 is 2.08 bits per heavy atom. The van der Waals surface area contributed by atoms with Crippen molar-refractivity contribution in [2.45, 2.75) is 32.4 Å². The van der Waals surface area contributed by atoms with E-state index in [0.29, 0.717) is 11.9 Å². The molecule has 5 heteroatoms. The van der Waals surface area contributed by atoms with E-state index >= 15 is 0 Å². The van der Waals surface area contributed by atoms with E-state index in [1.54, 1.807) is 28.3 Å². The first-order valence-corrected chi connectivity index (χ1v) is 9.04. The lowest BCUT2D eigenvalue weighted by Crippen LogP contribution is -2.34. The Bertz CT molecular complexity index is 897. The van der Waals surface area contributed by atoms with Gasteiger partial charge >= 0.3 is 0 Å². The fraction of sp³-hybridized carbons (Fsp3) is 0.263. The van der Waals surface area contributed by atoms with Crippen molar-refractivity contribution in [3.8, 4) is 5.69 Å². The largest absolute Gasteiger partial charge is 0.344 e. The Balaban J connectivity index is 1.76. The van der Waals surface area contributed by atoms with Crippen molar-refractivity contribution >= 4 is 17.2 Å². The molecule has 1 aliphatic rings. The molecule has 3 aromatic rings. The Morgan fingerprint density at radius 1 is 1.25 bits per heavy atom. The molecule has 1 aliphatic carbocycles. The summed E-state index contributed by atoms with van der Waals surface area (Å²) in [4.78, 5) is 20.9. The molecule has 1 aromatic carbocycles. The molecule has 0 N–H and O–H groups in total.